The lowest BCUT2D eigenvalue weighted by molar-refractivity contribution is 0.995. The van der Waals surface area contributed by atoms with Crippen molar-refractivity contribution in [2.45, 2.75) is 5.92 Å². The van der Waals surface area contributed by atoms with Gasteiger partial charge in [-0.15, -0.1) is 0 Å². The van der Waals surface area contributed by atoms with Crippen molar-refractivity contribution in [3.05, 3.63) is 114 Å². The first-order valence-electron chi connectivity index (χ1n) is 12.5. The number of nitrogens with zero attached hydrogens (tertiary/aromatic N) is 3. The Hall–Kier alpha value is -3.98. The average Bonchev–Trinajstić information content (AvgIpc) is 2.89. The van der Waals surface area contributed by atoms with Crippen molar-refractivity contribution < 1.29 is 0 Å². The molecule has 3 nitrogen and oxygen atoms in total. The zero-order valence-electron chi connectivity index (χ0n) is 22.2. The standard InChI is InChI=1S/C33H35N3/c1-34(2)24-17-15-23(16-18-24)33(29-19-21-31(35(3)4)27-13-9-7-11-25(27)29)30-20-22-32(36(5)6)28-14-10-8-12-26(28)30/h7-22,33H,1-6H3. The lowest BCUT2D eigenvalue weighted by Gasteiger charge is -2.26. The van der Waals surface area contributed by atoms with Gasteiger partial charge in [-0.3, -0.25) is 0 Å². The molecule has 0 fully saturated rings. The highest BCUT2D eigenvalue weighted by atomic mass is 15.1. The van der Waals surface area contributed by atoms with Crippen LogP contribution in [0.1, 0.15) is 22.6 Å². The van der Waals surface area contributed by atoms with Crippen LogP contribution in [-0.4, -0.2) is 42.3 Å². The van der Waals surface area contributed by atoms with Gasteiger partial charge in [0.25, 0.3) is 0 Å². The molecule has 0 amide bonds. The summed E-state index contributed by atoms with van der Waals surface area (Å²) >= 11 is 0. The molecule has 0 aromatic heterocycles. The molecule has 0 aliphatic carbocycles. The normalized spacial score (nSPS) is 11.3. The number of rotatable bonds is 6. The van der Waals surface area contributed by atoms with E-state index in [4.69, 9.17) is 0 Å². The second kappa shape index (κ2) is 9.58. The van der Waals surface area contributed by atoms with E-state index in [1.54, 1.807) is 0 Å². The van der Waals surface area contributed by atoms with Crippen molar-refractivity contribution >= 4 is 38.6 Å². The summed E-state index contributed by atoms with van der Waals surface area (Å²) in [6.45, 7) is 0. The average molecular weight is 474 g/mol. The van der Waals surface area contributed by atoms with Gasteiger partial charge < -0.3 is 14.7 Å². The summed E-state index contributed by atoms with van der Waals surface area (Å²) in [5.41, 5.74) is 7.64. The number of benzene rings is 5. The van der Waals surface area contributed by atoms with E-state index in [2.05, 4.69) is 154 Å². The molecule has 0 heterocycles. The van der Waals surface area contributed by atoms with Gasteiger partial charge in [-0.2, -0.15) is 0 Å². The Morgan fingerprint density at radius 3 is 1.22 bits per heavy atom. The second-order valence-electron chi connectivity index (χ2n) is 10.1. The second-order valence-corrected chi connectivity index (χ2v) is 10.1. The molecule has 0 atom stereocenters. The van der Waals surface area contributed by atoms with Crippen LogP contribution in [0.15, 0.2) is 97.1 Å². The van der Waals surface area contributed by atoms with Gasteiger partial charge in [-0.1, -0.05) is 72.8 Å². The van der Waals surface area contributed by atoms with Crippen LogP contribution in [0.4, 0.5) is 17.1 Å². The Balaban J connectivity index is 1.83. The molecular weight excluding hydrogens is 438 g/mol. The van der Waals surface area contributed by atoms with Crippen molar-refractivity contribution in [3.63, 3.8) is 0 Å². The molecule has 0 saturated carbocycles. The van der Waals surface area contributed by atoms with Crippen molar-refractivity contribution in [1.82, 2.24) is 0 Å². The van der Waals surface area contributed by atoms with Crippen molar-refractivity contribution in [3.8, 4) is 0 Å². The number of fused-ring (bicyclic) bond motifs is 2. The highest BCUT2D eigenvalue weighted by molar-refractivity contribution is 6.00. The van der Waals surface area contributed by atoms with E-state index in [0.717, 1.165) is 0 Å². The zero-order chi connectivity index (χ0) is 25.4. The van der Waals surface area contributed by atoms with Crippen molar-refractivity contribution in [2.24, 2.45) is 0 Å². The van der Waals surface area contributed by atoms with E-state index < -0.39 is 0 Å². The van der Waals surface area contributed by atoms with Gasteiger partial charge in [0.2, 0.25) is 0 Å². The molecule has 5 aromatic carbocycles. The third-order valence-electron chi connectivity index (χ3n) is 7.20. The smallest absolute Gasteiger partial charge is 0.0440 e. The first-order valence-corrected chi connectivity index (χ1v) is 12.5. The number of hydrogen-bond donors (Lipinski definition) is 0. The summed E-state index contributed by atoms with van der Waals surface area (Å²) in [5.74, 6) is 0.100. The first kappa shape index (κ1) is 23.7. The largest absolute Gasteiger partial charge is 0.378 e. The van der Waals surface area contributed by atoms with Gasteiger partial charge in [0, 0.05) is 76.0 Å². The van der Waals surface area contributed by atoms with Gasteiger partial charge >= 0.3 is 0 Å². The maximum Gasteiger partial charge on any atom is 0.0440 e. The molecule has 5 aromatic rings. The molecule has 0 saturated heterocycles. The molecule has 0 aliphatic rings. The highest BCUT2D eigenvalue weighted by Gasteiger charge is 2.23. The van der Waals surface area contributed by atoms with E-state index in [1.807, 2.05) is 0 Å². The third kappa shape index (κ3) is 4.15. The van der Waals surface area contributed by atoms with Gasteiger partial charge in [-0.05, 0) is 51.7 Å². The fourth-order valence-corrected chi connectivity index (χ4v) is 5.39. The molecule has 0 radical (unpaired) electrons. The fourth-order valence-electron chi connectivity index (χ4n) is 5.39. The van der Waals surface area contributed by atoms with E-state index in [-0.39, 0.29) is 5.92 Å². The zero-order valence-corrected chi connectivity index (χ0v) is 22.2. The lowest BCUT2D eigenvalue weighted by atomic mass is 9.80. The number of hydrogen-bond acceptors (Lipinski definition) is 3. The predicted molar refractivity (Wildman–Crippen MR) is 158 cm³/mol. The summed E-state index contributed by atoms with van der Waals surface area (Å²) in [7, 11) is 12.7. The van der Waals surface area contributed by atoms with Crippen LogP contribution in [0, 0.1) is 0 Å². The molecule has 0 spiro atoms. The third-order valence-corrected chi connectivity index (χ3v) is 7.20. The predicted octanol–water partition coefficient (Wildman–Crippen LogP) is 7.37. The summed E-state index contributed by atoms with van der Waals surface area (Å²) in [6.07, 6.45) is 0. The molecule has 0 bridgehead atoms. The Labute approximate surface area is 215 Å². The SMILES string of the molecule is CN(C)c1ccc(C(c2ccc(N(C)C)c3ccccc23)c2ccc(N(C)C)c3ccccc23)cc1. The Bertz CT molecular complexity index is 1420. The van der Waals surface area contributed by atoms with E-state index in [0.29, 0.717) is 0 Å². The van der Waals surface area contributed by atoms with Crippen LogP contribution in [0.25, 0.3) is 21.5 Å². The molecule has 0 unspecified atom stereocenters. The topological polar surface area (TPSA) is 9.72 Å². The first-order chi connectivity index (χ1) is 17.4. The lowest BCUT2D eigenvalue weighted by Crippen LogP contribution is -2.12. The van der Waals surface area contributed by atoms with E-state index in [9.17, 15) is 0 Å². The monoisotopic (exact) mass is 473 g/mol. The Morgan fingerprint density at radius 1 is 0.417 bits per heavy atom. The Morgan fingerprint density at radius 2 is 0.833 bits per heavy atom. The van der Waals surface area contributed by atoms with Crippen LogP contribution in [0.3, 0.4) is 0 Å². The maximum absolute atomic E-state index is 2.33. The molecule has 182 valence electrons. The van der Waals surface area contributed by atoms with Gasteiger partial charge in [0.15, 0.2) is 0 Å². The quantitative estimate of drug-likeness (QED) is 0.238. The summed E-state index contributed by atoms with van der Waals surface area (Å²) < 4.78 is 0. The van der Waals surface area contributed by atoms with Gasteiger partial charge in [0.1, 0.15) is 0 Å². The van der Waals surface area contributed by atoms with Crippen LogP contribution >= 0.6 is 0 Å². The van der Waals surface area contributed by atoms with Crippen LogP contribution in [0.2, 0.25) is 0 Å². The van der Waals surface area contributed by atoms with Crippen molar-refractivity contribution in [1.29, 1.82) is 0 Å². The number of anilines is 3. The van der Waals surface area contributed by atoms with Crippen LogP contribution in [-0.2, 0) is 0 Å². The van der Waals surface area contributed by atoms with Crippen LogP contribution in [0.5, 0.6) is 0 Å². The summed E-state index contributed by atoms with van der Waals surface area (Å²) in [4.78, 5) is 6.56. The van der Waals surface area contributed by atoms with Crippen molar-refractivity contribution in [2.75, 3.05) is 57.0 Å². The molecule has 0 aliphatic heterocycles. The van der Waals surface area contributed by atoms with Crippen LogP contribution < -0.4 is 14.7 Å². The van der Waals surface area contributed by atoms with E-state index >= 15 is 0 Å². The molecule has 5 rings (SSSR count). The minimum absolute atomic E-state index is 0.100. The minimum Gasteiger partial charge on any atom is -0.378 e. The molecule has 3 heteroatoms. The van der Waals surface area contributed by atoms with Gasteiger partial charge in [-0.25, -0.2) is 0 Å². The molecule has 36 heavy (non-hydrogen) atoms. The Kier molecular flexibility index (Phi) is 6.32. The summed E-state index contributed by atoms with van der Waals surface area (Å²) in [5, 5.41) is 5.16. The van der Waals surface area contributed by atoms with E-state index in [1.165, 1.54) is 55.3 Å². The molecule has 0 N–H and O–H groups in total. The maximum atomic E-state index is 2.33. The molecular formula is C33H35N3. The minimum atomic E-state index is 0.100. The summed E-state index contributed by atoms with van der Waals surface area (Å²) in [6, 6.07) is 35.9. The highest BCUT2D eigenvalue weighted by Crippen LogP contribution is 2.43. The van der Waals surface area contributed by atoms with Gasteiger partial charge in [0.05, 0.1) is 0 Å². The fraction of sp³-hybridized carbons (Fsp3) is 0.212.